The Morgan fingerprint density at radius 2 is 1.82 bits per heavy atom. The van der Waals surface area contributed by atoms with Crippen molar-refractivity contribution in [2.24, 2.45) is 0 Å². The number of amides is 1. The van der Waals surface area contributed by atoms with Gasteiger partial charge in [0.15, 0.2) is 5.13 Å². The number of para-hydroxylation sites is 1. The van der Waals surface area contributed by atoms with E-state index in [1.54, 1.807) is 6.33 Å². The van der Waals surface area contributed by atoms with Gasteiger partial charge >= 0.3 is 0 Å². The number of nitrogen functional groups attached to an aromatic ring is 1. The first-order valence-electron chi connectivity index (χ1n) is 9.09. The molecule has 1 aliphatic rings. The smallest absolute Gasteiger partial charge is 0.254 e. The highest BCUT2D eigenvalue weighted by atomic mass is 32.1. The monoisotopic (exact) mass is 390 g/mol. The Morgan fingerprint density at radius 3 is 2.68 bits per heavy atom. The lowest BCUT2D eigenvalue weighted by Gasteiger charge is -2.35. The number of carbonyl (C=O) groups is 1. The maximum Gasteiger partial charge on any atom is 0.254 e. The molecule has 0 atom stereocenters. The van der Waals surface area contributed by atoms with Crippen LogP contribution in [0.1, 0.15) is 10.4 Å². The maximum absolute atomic E-state index is 12.9. The summed E-state index contributed by atoms with van der Waals surface area (Å²) in [5.74, 6) is 0.956. The normalized spacial score (nSPS) is 14.7. The Bertz CT molecular complexity index is 1180. The summed E-state index contributed by atoms with van der Waals surface area (Å²) in [4.78, 5) is 30.1. The van der Waals surface area contributed by atoms with Gasteiger partial charge in [-0.05, 0) is 30.3 Å². The van der Waals surface area contributed by atoms with E-state index in [1.807, 2.05) is 47.4 Å². The molecular formula is C20H18N6OS. The summed E-state index contributed by atoms with van der Waals surface area (Å²) in [5, 5.41) is 1.56. The standard InChI is InChI=1S/C20H18N6OS/c21-20-24-16-11-13(5-6-17(16)28-20)19(27)26-9-7-25(8-10-26)18-14-3-1-2-4-15(14)22-12-23-18/h1-6,11-12H,7-10H2,(H2,21,24). The van der Waals surface area contributed by atoms with Crippen molar-refractivity contribution >= 4 is 49.3 Å². The predicted molar refractivity (Wildman–Crippen MR) is 112 cm³/mol. The molecular weight excluding hydrogens is 372 g/mol. The summed E-state index contributed by atoms with van der Waals surface area (Å²) in [6.07, 6.45) is 1.60. The van der Waals surface area contributed by atoms with Crippen LogP contribution in [-0.2, 0) is 0 Å². The molecule has 2 aromatic heterocycles. The van der Waals surface area contributed by atoms with Gasteiger partial charge in [-0.15, -0.1) is 0 Å². The van der Waals surface area contributed by atoms with E-state index in [1.165, 1.54) is 11.3 Å². The van der Waals surface area contributed by atoms with Crippen LogP contribution in [0.2, 0.25) is 0 Å². The fraction of sp³-hybridized carbons (Fsp3) is 0.200. The van der Waals surface area contributed by atoms with Crippen molar-refractivity contribution in [1.29, 1.82) is 0 Å². The lowest BCUT2D eigenvalue weighted by atomic mass is 10.1. The van der Waals surface area contributed by atoms with E-state index >= 15 is 0 Å². The van der Waals surface area contributed by atoms with Crippen LogP contribution in [-0.4, -0.2) is 51.9 Å². The van der Waals surface area contributed by atoms with Crippen LogP contribution in [0.3, 0.4) is 0 Å². The zero-order valence-corrected chi connectivity index (χ0v) is 15.9. The minimum Gasteiger partial charge on any atom is -0.375 e. The van der Waals surface area contributed by atoms with Crippen molar-refractivity contribution in [3.05, 3.63) is 54.4 Å². The van der Waals surface area contributed by atoms with Crippen LogP contribution >= 0.6 is 11.3 Å². The third-order valence-corrected chi connectivity index (χ3v) is 5.90. The van der Waals surface area contributed by atoms with E-state index in [2.05, 4.69) is 19.9 Å². The number of anilines is 2. The van der Waals surface area contributed by atoms with E-state index in [0.717, 1.165) is 40.0 Å². The summed E-state index contributed by atoms with van der Waals surface area (Å²) in [6.45, 7) is 2.76. The summed E-state index contributed by atoms with van der Waals surface area (Å²) >= 11 is 1.43. The van der Waals surface area contributed by atoms with E-state index in [0.29, 0.717) is 23.8 Å². The van der Waals surface area contributed by atoms with Crippen molar-refractivity contribution in [2.45, 2.75) is 0 Å². The molecule has 1 fully saturated rings. The molecule has 0 saturated carbocycles. The van der Waals surface area contributed by atoms with Crippen LogP contribution in [0, 0.1) is 0 Å². The molecule has 5 rings (SSSR count). The largest absolute Gasteiger partial charge is 0.375 e. The zero-order chi connectivity index (χ0) is 19.1. The molecule has 8 heteroatoms. The molecule has 1 amide bonds. The van der Waals surface area contributed by atoms with Gasteiger partial charge in [0.1, 0.15) is 12.1 Å². The number of rotatable bonds is 2. The maximum atomic E-state index is 12.9. The number of nitrogens with zero attached hydrogens (tertiary/aromatic N) is 5. The molecule has 7 nitrogen and oxygen atoms in total. The number of hydrogen-bond donors (Lipinski definition) is 1. The highest BCUT2D eigenvalue weighted by Gasteiger charge is 2.24. The van der Waals surface area contributed by atoms with E-state index in [9.17, 15) is 4.79 Å². The molecule has 0 aliphatic carbocycles. The Kier molecular flexibility index (Phi) is 4.05. The first-order valence-corrected chi connectivity index (χ1v) is 9.91. The lowest BCUT2D eigenvalue weighted by Crippen LogP contribution is -2.49. The van der Waals surface area contributed by atoms with Gasteiger partial charge in [0.25, 0.3) is 5.91 Å². The molecule has 2 N–H and O–H groups in total. The second kappa shape index (κ2) is 6.72. The number of fused-ring (bicyclic) bond motifs is 2. The highest BCUT2D eigenvalue weighted by molar-refractivity contribution is 7.22. The first kappa shape index (κ1) is 16.9. The van der Waals surface area contributed by atoms with E-state index in [4.69, 9.17) is 5.73 Å². The quantitative estimate of drug-likeness (QED) is 0.566. The lowest BCUT2D eigenvalue weighted by molar-refractivity contribution is 0.0747. The number of nitrogens with two attached hydrogens (primary N) is 1. The van der Waals surface area contributed by atoms with E-state index in [-0.39, 0.29) is 5.91 Å². The Hall–Kier alpha value is -3.26. The Balaban J connectivity index is 1.34. The van der Waals surface area contributed by atoms with Crippen molar-refractivity contribution < 1.29 is 4.79 Å². The number of carbonyl (C=O) groups excluding carboxylic acids is 1. The van der Waals surface area contributed by atoms with E-state index < -0.39 is 0 Å². The fourth-order valence-electron chi connectivity index (χ4n) is 3.62. The summed E-state index contributed by atoms with van der Waals surface area (Å²) in [6, 6.07) is 13.6. The van der Waals surface area contributed by atoms with Crippen molar-refractivity contribution in [3.63, 3.8) is 0 Å². The molecule has 1 saturated heterocycles. The van der Waals surface area contributed by atoms with Gasteiger partial charge in [0.05, 0.1) is 15.7 Å². The Morgan fingerprint density at radius 1 is 1.00 bits per heavy atom. The van der Waals surface area contributed by atoms with Gasteiger partial charge in [0.2, 0.25) is 0 Å². The summed E-state index contributed by atoms with van der Waals surface area (Å²) < 4.78 is 0.995. The average molecular weight is 390 g/mol. The third kappa shape index (κ3) is 2.91. The SMILES string of the molecule is Nc1nc2cc(C(=O)N3CCN(c4ncnc5ccccc45)CC3)ccc2s1. The highest BCUT2D eigenvalue weighted by Crippen LogP contribution is 2.26. The summed E-state index contributed by atoms with van der Waals surface area (Å²) in [7, 11) is 0. The average Bonchev–Trinajstić information content (AvgIpc) is 3.12. The Labute approximate surface area is 165 Å². The molecule has 3 heterocycles. The molecule has 28 heavy (non-hydrogen) atoms. The van der Waals surface area contributed by atoms with Crippen LogP contribution in [0.5, 0.6) is 0 Å². The number of benzene rings is 2. The van der Waals surface area contributed by atoms with Crippen LogP contribution in [0.4, 0.5) is 10.9 Å². The second-order valence-electron chi connectivity index (χ2n) is 6.73. The molecule has 4 aromatic rings. The van der Waals surface area contributed by atoms with Gasteiger partial charge < -0.3 is 15.5 Å². The van der Waals surface area contributed by atoms with Gasteiger partial charge in [-0.1, -0.05) is 23.5 Å². The van der Waals surface area contributed by atoms with Crippen LogP contribution in [0.15, 0.2) is 48.8 Å². The second-order valence-corrected chi connectivity index (χ2v) is 7.79. The zero-order valence-electron chi connectivity index (χ0n) is 15.1. The molecule has 0 unspecified atom stereocenters. The molecule has 0 radical (unpaired) electrons. The number of thiazole rings is 1. The number of aromatic nitrogens is 3. The van der Waals surface area contributed by atoms with Crippen molar-refractivity contribution in [3.8, 4) is 0 Å². The molecule has 1 aliphatic heterocycles. The summed E-state index contributed by atoms with van der Waals surface area (Å²) in [5.41, 5.74) is 8.13. The van der Waals surface area contributed by atoms with Gasteiger partial charge in [-0.3, -0.25) is 4.79 Å². The number of hydrogen-bond acceptors (Lipinski definition) is 7. The minimum atomic E-state index is 0.0284. The van der Waals surface area contributed by atoms with Crippen LogP contribution in [0.25, 0.3) is 21.1 Å². The predicted octanol–water partition coefficient (Wildman–Crippen LogP) is 2.78. The van der Waals surface area contributed by atoms with Gasteiger partial charge in [-0.2, -0.15) is 0 Å². The first-order chi connectivity index (χ1) is 13.7. The fourth-order valence-corrected chi connectivity index (χ4v) is 4.34. The molecule has 0 spiro atoms. The topological polar surface area (TPSA) is 88.2 Å². The molecule has 0 bridgehead atoms. The third-order valence-electron chi connectivity index (χ3n) is 5.04. The van der Waals surface area contributed by atoms with Gasteiger partial charge in [-0.25, -0.2) is 15.0 Å². The molecule has 140 valence electrons. The van der Waals surface area contributed by atoms with Crippen molar-refractivity contribution in [2.75, 3.05) is 36.8 Å². The van der Waals surface area contributed by atoms with Gasteiger partial charge in [0, 0.05) is 37.1 Å². The molecule has 2 aromatic carbocycles. The van der Waals surface area contributed by atoms with Crippen LogP contribution < -0.4 is 10.6 Å². The van der Waals surface area contributed by atoms with Crippen molar-refractivity contribution in [1.82, 2.24) is 19.9 Å². The minimum absolute atomic E-state index is 0.0284. The number of piperazine rings is 1.